The van der Waals surface area contributed by atoms with Crippen LogP contribution in [0.2, 0.25) is 0 Å². The lowest BCUT2D eigenvalue weighted by atomic mass is 10.1. The van der Waals surface area contributed by atoms with E-state index in [0.29, 0.717) is 6.04 Å². The van der Waals surface area contributed by atoms with Gasteiger partial charge in [0.2, 0.25) is 0 Å². The first-order valence-corrected chi connectivity index (χ1v) is 8.50. The summed E-state index contributed by atoms with van der Waals surface area (Å²) in [4.78, 5) is 2.69. The summed E-state index contributed by atoms with van der Waals surface area (Å²) in [7, 11) is 0. The molecule has 2 aromatic heterocycles. The van der Waals surface area contributed by atoms with E-state index in [1.165, 1.54) is 27.3 Å². The van der Waals surface area contributed by atoms with Crippen LogP contribution in [0.5, 0.6) is 0 Å². The average molecular weight is 291 g/mol. The molecule has 0 saturated carbocycles. The first kappa shape index (κ1) is 14.5. The highest BCUT2D eigenvalue weighted by Crippen LogP contribution is 2.30. The number of thiophene rings is 2. The van der Waals surface area contributed by atoms with E-state index in [0.717, 1.165) is 6.54 Å². The Balaban J connectivity index is 2.06. The van der Waals surface area contributed by atoms with Gasteiger partial charge in [0.15, 0.2) is 0 Å². The van der Waals surface area contributed by atoms with Crippen molar-refractivity contribution in [2.75, 3.05) is 6.54 Å². The maximum absolute atomic E-state index is 3.53. The van der Waals surface area contributed by atoms with Crippen LogP contribution in [0.1, 0.15) is 32.1 Å². The van der Waals surface area contributed by atoms with E-state index < -0.39 is 0 Å². The minimum atomic E-state index is 0.451. The van der Waals surface area contributed by atoms with E-state index in [2.05, 4.69) is 61.1 Å². The van der Waals surface area contributed by atoms with Gasteiger partial charge in [-0.3, -0.25) is 0 Å². The van der Waals surface area contributed by atoms with E-state index in [9.17, 15) is 0 Å². The number of hydrogen-bond donors (Lipinski definition) is 1. The topological polar surface area (TPSA) is 12.0 Å². The minimum Gasteiger partial charge on any atom is -0.311 e. The van der Waals surface area contributed by atoms with Gasteiger partial charge in [0.25, 0.3) is 0 Å². The Morgan fingerprint density at radius 1 is 1.42 bits per heavy atom. The molecule has 2 heterocycles. The van der Waals surface area contributed by atoms with Gasteiger partial charge in [0, 0.05) is 21.4 Å². The second-order valence-corrected chi connectivity index (χ2v) is 6.67. The molecule has 0 fully saturated rings. The zero-order chi connectivity index (χ0) is 13.7. The van der Waals surface area contributed by atoms with Gasteiger partial charge in [-0.05, 0) is 55.8 Å². The molecule has 2 aromatic rings. The molecule has 1 atom stereocenters. The summed E-state index contributed by atoms with van der Waals surface area (Å²) in [6.07, 6.45) is 3.48. The van der Waals surface area contributed by atoms with Gasteiger partial charge in [-0.15, -0.1) is 22.7 Å². The molecule has 0 spiro atoms. The van der Waals surface area contributed by atoms with Crippen molar-refractivity contribution in [2.45, 2.75) is 33.2 Å². The number of rotatable bonds is 6. The van der Waals surface area contributed by atoms with E-state index in [1.54, 1.807) is 11.3 Å². The predicted octanol–water partition coefficient (Wildman–Crippen LogP) is 5.27. The molecule has 1 unspecified atom stereocenters. The zero-order valence-corrected chi connectivity index (χ0v) is 13.4. The van der Waals surface area contributed by atoms with Gasteiger partial charge in [0.1, 0.15) is 0 Å². The van der Waals surface area contributed by atoms with Crippen LogP contribution in [0.15, 0.2) is 34.5 Å². The molecule has 2 rings (SSSR count). The van der Waals surface area contributed by atoms with Crippen LogP contribution in [0.3, 0.4) is 0 Å². The van der Waals surface area contributed by atoms with Gasteiger partial charge < -0.3 is 5.32 Å². The summed E-state index contributed by atoms with van der Waals surface area (Å²) >= 11 is 3.62. The van der Waals surface area contributed by atoms with E-state index in [4.69, 9.17) is 0 Å². The zero-order valence-electron chi connectivity index (χ0n) is 11.8. The van der Waals surface area contributed by atoms with Gasteiger partial charge in [-0.1, -0.05) is 18.6 Å². The lowest BCUT2D eigenvalue weighted by Crippen LogP contribution is -2.27. The standard InChI is InChI=1S/C16H21NS2/c1-4-7-17-13(3)12(2)9-15-10-14(11-19-15)16-6-5-8-18-16/h5-6,8-11,13,17H,4,7H2,1-3H3/b12-9+. The largest absolute Gasteiger partial charge is 0.311 e. The molecule has 0 aliphatic carbocycles. The predicted molar refractivity (Wildman–Crippen MR) is 89.0 cm³/mol. The van der Waals surface area contributed by atoms with Crippen molar-refractivity contribution < 1.29 is 0 Å². The lowest BCUT2D eigenvalue weighted by molar-refractivity contribution is 0.604. The summed E-state index contributed by atoms with van der Waals surface area (Å²) in [5, 5.41) is 7.90. The van der Waals surface area contributed by atoms with Crippen molar-refractivity contribution in [1.82, 2.24) is 5.32 Å². The van der Waals surface area contributed by atoms with E-state index in [1.807, 2.05) is 11.3 Å². The Bertz CT molecular complexity index is 523. The summed E-state index contributed by atoms with van der Waals surface area (Å²) < 4.78 is 0. The molecule has 0 amide bonds. The average Bonchev–Trinajstić information content (AvgIpc) is 3.05. The van der Waals surface area contributed by atoms with Crippen LogP contribution in [0.25, 0.3) is 16.5 Å². The highest BCUT2D eigenvalue weighted by atomic mass is 32.1. The van der Waals surface area contributed by atoms with Crippen LogP contribution in [-0.4, -0.2) is 12.6 Å². The molecule has 0 aromatic carbocycles. The van der Waals surface area contributed by atoms with Gasteiger partial charge in [-0.2, -0.15) is 0 Å². The first-order valence-electron chi connectivity index (χ1n) is 6.74. The molecule has 0 aliphatic rings. The number of hydrogen-bond acceptors (Lipinski definition) is 3. The molecule has 102 valence electrons. The van der Waals surface area contributed by atoms with Crippen LogP contribution in [0.4, 0.5) is 0 Å². The summed E-state index contributed by atoms with van der Waals surface area (Å²) in [6.45, 7) is 7.72. The maximum atomic E-state index is 3.53. The fourth-order valence-electron chi connectivity index (χ4n) is 1.87. The minimum absolute atomic E-state index is 0.451. The molecule has 3 heteroatoms. The Kier molecular flexibility index (Phi) is 5.37. The van der Waals surface area contributed by atoms with Crippen molar-refractivity contribution >= 4 is 28.7 Å². The van der Waals surface area contributed by atoms with E-state index in [-0.39, 0.29) is 0 Å². The molecule has 1 N–H and O–H groups in total. The third kappa shape index (κ3) is 4.03. The Labute approximate surface area is 124 Å². The van der Waals surface area contributed by atoms with Crippen LogP contribution < -0.4 is 5.32 Å². The maximum Gasteiger partial charge on any atom is 0.0351 e. The van der Waals surface area contributed by atoms with Crippen molar-refractivity contribution in [2.24, 2.45) is 0 Å². The molecule has 19 heavy (non-hydrogen) atoms. The second-order valence-electron chi connectivity index (χ2n) is 4.78. The van der Waals surface area contributed by atoms with Gasteiger partial charge in [-0.25, -0.2) is 0 Å². The highest BCUT2D eigenvalue weighted by molar-refractivity contribution is 7.15. The molecule has 0 aliphatic heterocycles. The smallest absolute Gasteiger partial charge is 0.0351 e. The highest BCUT2D eigenvalue weighted by Gasteiger charge is 2.05. The Morgan fingerprint density at radius 2 is 2.26 bits per heavy atom. The first-order chi connectivity index (χ1) is 9.20. The van der Waals surface area contributed by atoms with Crippen molar-refractivity contribution in [3.63, 3.8) is 0 Å². The van der Waals surface area contributed by atoms with Crippen molar-refractivity contribution in [3.8, 4) is 10.4 Å². The SMILES string of the molecule is CCCNC(C)/C(C)=C/c1cc(-c2cccs2)cs1. The van der Waals surface area contributed by atoms with Gasteiger partial charge >= 0.3 is 0 Å². The summed E-state index contributed by atoms with van der Waals surface area (Å²) in [5.74, 6) is 0. The fraction of sp³-hybridized carbons (Fsp3) is 0.375. The van der Waals surface area contributed by atoms with Crippen molar-refractivity contribution in [1.29, 1.82) is 0 Å². The molecule has 0 radical (unpaired) electrons. The molecular weight excluding hydrogens is 270 g/mol. The quantitative estimate of drug-likeness (QED) is 0.764. The summed E-state index contributed by atoms with van der Waals surface area (Å²) in [6, 6.07) is 7.02. The third-order valence-corrected chi connectivity index (χ3v) is 4.98. The Hall–Kier alpha value is -0.900. The van der Waals surface area contributed by atoms with E-state index >= 15 is 0 Å². The second kappa shape index (κ2) is 7.04. The molecular formula is C16H21NS2. The molecule has 0 bridgehead atoms. The van der Waals surface area contributed by atoms with Crippen molar-refractivity contribution in [3.05, 3.63) is 39.4 Å². The normalized spacial score (nSPS) is 13.7. The van der Waals surface area contributed by atoms with Crippen LogP contribution in [-0.2, 0) is 0 Å². The van der Waals surface area contributed by atoms with Crippen LogP contribution >= 0.6 is 22.7 Å². The number of nitrogens with one attached hydrogen (secondary N) is 1. The third-order valence-electron chi connectivity index (χ3n) is 3.18. The van der Waals surface area contributed by atoms with Gasteiger partial charge in [0.05, 0.1) is 0 Å². The lowest BCUT2D eigenvalue weighted by Gasteiger charge is -2.13. The fourth-order valence-corrected chi connectivity index (χ4v) is 3.57. The van der Waals surface area contributed by atoms with Crippen LogP contribution in [0, 0.1) is 0 Å². The summed E-state index contributed by atoms with van der Waals surface area (Å²) in [5.41, 5.74) is 2.74. The Morgan fingerprint density at radius 3 is 2.95 bits per heavy atom. The molecule has 1 nitrogen and oxygen atoms in total. The molecule has 0 saturated heterocycles. The monoisotopic (exact) mass is 291 g/mol.